The maximum Gasteiger partial charge on any atom is 0.244 e. The van der Waals surface area contributed by atoms with E-state index in [0.29, 0.717) is 17.4 Å². The first-order valence-electron chi connectivity index (χ1n) is 8.68. The smallest absolute Gasteiger partial charge is 0.244 e. The number of aryl methyl sites for hydroxylation is 2. The molecule has 136 valence electrons. The quantitative estimate of drug-likeness (QED) is 0.888. The Morgan fingerprint density at radius 2 is 2.00 bits per heavy atom. The van der Waals surface area contributed by atoms with E-state index >= 15 is 0 Å². The maximum absolute atomic E-state index is 13.4. The highest BCUT2D eigenvalue weighted by Crippen LogP contribution is 2.37. The van der Waals surface area contributed by atoms with Crippen molar-refractivity contribution in [1.82, 2.24) is 19.4 Å². The molecule has 0 amide bonds. The van der Waals surface area contributed by atoms with Gasteiger partial charge in [0.25, 0.3) is 0 Å². The minimum absolute atomic E-state index is 0.0872. The second-order valence-electron chi connectivity index (χ2n) is 7.36. The summed E-state index contributed by atoms with van der Waals surface area (Å²) >= 11 is 1.50. The van der Waals surface area contributed by atoms with Crippen LogP contribution in [-0.2, 0) is 10.0 Å². The zero-order chi connectivity index (χ0) is 17.8. The molecule has 2 aromatic rings. The Morgan fingerprint density at radius 1 is 1.20 bits per heavy atom. The van der Waals surface area contributed by atoms with Gasteiger partial charge >= 0.3 is 0 Å². The van der Waals surface area contributed by atoms with E-state index in [2.05, 4.69) is 22.1 Å². The zero-order valence-electron chi connectivity index (χ0n) is 14.8. The number of nitrogens with one attached hydrogen (secondary N) is 1. The van der Waals surface area contributed by atoms with Crippen LogP contribution >= 0.6 is 11.3 Å². The molecule has 3 aliphatic rings. The van der Waals surface area contributed by atoms with Gasteiger partial charge in [-0.3, -0.25) is 5.10 Å². The van der Waals surface area contributed by atoms with Crippen LogP contribution < -0.4 is 0 Å². The average molecular weight is 381 g/mol. The fourth-order valence-electron chi connectivity index (χ4n) is 4.09. The van der Waals surface area contributed by atoms with Crippen molar-refractivity contribution >= 4 is 21.4 Å². The molecule has 0 spiro atoms. The van der Waals surface area contributed by atoms with Crippen LogP contribution in [-0.4, -0.2) is 60.5 Å². The van der Waals surface area contributed by atoms with Gasteiger partial charge in [0.2, 0.25) is 10.0 Å². The van der Waals surface area contributed by atoms with E-state index in [4.69, 9.17) is 0 Å². The molecule has 2 atom stereocenters. The van der Waals surface area contributed by atoms with Gasteiger partial charge in [0.05, 0.1) is 9.77 Å². The number of sulfonamides is 1. The van der Waals surface area contributed by atoms with Gasteiger partial charge in [-0.15, -0.1) is 11.3 Å². The average Bonchev–Trinajstić information content (AvgIpc) is 3.05. The van der Waals surface area contributed by atoms with Crippen LogP contribution in [0.2, 0.25) is 0 Å². The van der Waals surface area contributed by atoms with Gasteiger partial charge in [-0.05, 0) is 51.8 Å². The predicted octanol–water partition coefficient (Wildman–Crippen LogP) is 2.47. The number of hydrogen-bond acceptors (Lipinski definition) is 5. The van der Waals surface area contributed by atoms with E-state index in [0.717, 1.165) is 47.1 Å². The van der Waals surface area contributed by atoms with Crippen LogP contribution in [0.3, 0.4) is 0 Å². The molecular weight excluding hydrogens is 356 g/mol. The minimum Gasteiger partial charge on any atom is -0.304 e. The topological polar surface area (TPSA) is 69.3 Å². The van der Waals surface area contributed by atoms with E-state index in [9.17, 15) is 8.42 Å². The van der Waals surface area contributed by atoms with Crippen molar-refractivity contribution in [2.24, 2.45) is 5.92 Å². The molecule has 25 heavy (non-hydrogen) atoms. The first-order chi connectivity index (χ1) is 11.8. The first-order valence-corrected chi connectivity index (χ1v) is 10.9. The second-order valence-corrected chi connectivity index (χ2v) is 10.5. The van der Waals surface area contributed by atoms with Gasteiger partial charge in [-0.1, -0.05) is 0 Å². The first kappa shape index (κ1) is 17.2. The lowest BCUT2D eigenvalue weighted by Crippen LogP contribution is -2.47. The fourth-order valence-corrected chi connectivity index (χ4v) is 7.33. The second kappa shape index (κ2) is 6.19. The summed E-state index contributed by atoms with van der Waals surface area (Å²) < 4.78 is 28.5. The van der Waals surface area contributed by atoms with E-state index in [1.807, 2.05) is 19.9 Å². The monoisotopic (exact) mass is 380 g/mol. The standard InChI is InChI=1S/C17H24N4O2S2/c1-11-6-15(19-18-11)16-7-17(12(2)24-16)25(22,23)21-9-13-4-5-14(21)10-20(3)8-13/h6-7,13-14H,4-5,8-10H2,1-3H3,(H,18,19)/t13-,14+/m1/s1. The molecule has 0 aliphatic carbocycles. The van der Waals surface area contributed by atoms with Gasteiger partial charge in [0, 0.05) is 36.2 Å². The molecule has 6 nitrogen and oxygen atoms in total. The van der Waals surface area contributed by atoms with Crippen molar-refractivity contribution < 1.29 is 8.42 Å². The third kappa shape index (κ3) is 3.05. The lowest BCUT2D eigenvalue weighted by molar-refractivity contribution is 0.229. The Hall–Kier alpha value is -1.22. The number of likely N-dealkylation sites (N-methyl/N-ethyl adjacent to an activating group) is 1. The summed E-state index contributed by atoms with van der Waals surface area (Å²) in [7, 11) is -1.38. The Kier molecular flexibility index (Phi) is 4.26. The molecule has 8 heteroatoms. The summed E-state index contributed by atoms with van der Waals surface area (Å²) in [5.41, 5.74) is 1.78. The number of aromatic amines is 1. The highest BCUT2D eigenvalue weighted by atomic mass is 32.2. The van der Waals surface area contributed by atoms with Gasteiger partial charge in [-0.25, -0.2) is 8.42 Å². The van der Waals surface area contributed by atoms with E-state index in [1.54, 1.807) is 10.4 Å². The highest BCUT2D eigenvalue weighted by molar-refractivity contribution is 7.89. The number of H-pyrrole nitrogens is 1. The number of aromatic nitrogens is 2. The molecule has 1 N–H and O–H groups in total. The Labute approximate surface area is 152 Å². The Balaban J connectivity index is 1.70. The van der Waals surface area contributed by atoms with Crippen molar-refractivity contribution in [2.45, 2.75) is 37.6 Å². The van der Waals surface area contributed by atoms with Gasteiger partial charge in [0.1, 0.15) is 5.69 Å². The normalized spacial score (nSPS) is 25.4. The minimum atomic E-state index is -3.47. The van der Waals surface area contributed by atoms with Gasteiger partial charge < -0.3 is 4.90 Å². The fraction of sp³-hybridized carbons (Fsp3) is 0.588. The van der Waals surface area contributed by atoms with E-state index in [1.165, 1.54) is 11.3 Å². The highest BCUT2D eigenvalue weighted by Gasteiger charge is 2.41. The van der Waals surface area contributed by atoms with Crippen molar-refractivity contribution in [3.63, 3.8) is 0 Å². The number of nitrogens with zero attached hydrogens (tertiary/aromatic N) is 3. The molecule has 3 saturated heterocycles. The van der Waals surface area contributed by atoms with Crippen LogP contribution in [0.4, 0.5) is 0 Å². The molecule has 3 aliphatic heterocycles. The molecule has 0 aromatic carbocycles. The number of piperidine rings is 1. The van der Waals surface area contributed by atoms with Crippen LogP contribution in [0, 0.1) is 19.8 Å². The maximum atomic E-state index is 13.4. The number of thiophene rings is 1. The Bertz CT molecular complexity index is 886. The van der Waals surface area contributed by atoms with Crippen LogP contribution in [0.1, 0.15) is 23.4 Å². The summed E-state index contributed by atoms with van der Waals surface area (Å²) in [6.45, 7) is 6.29. The third-order valence-electron chi connectivity index (χ3n) is 5.26. The SMILES string of the molecule is Cc1cc(-c2cc(S(=O)(=O)N3C[C@@H]4CC[C@H]3CN(C)C4)c(C)s2)n[nH]1. The molecule has 0 radical (unpaired) electrons. The molecule has 5 heterocycles. The van der Waals surface area contributed by atoms with Crippen molar-refractivity contribution in [3.8, 4) is 10.6 Å². The molecule has 0 saturated carbocycles. The summed E-state index contributed by atoms with van der Waals surface area (Å²) in [5, 5.41) is 7.19. The summed E-state index contributed by atoms with van der Waals surface area (Å²) in [4.78, 5) is 4.46. The number of rotatable bonds is 3. The predicted molar refractivity (Wildman–Crippen MR) is 99.3 cm³/mol. The van der Waals surface area contributed by atoms with Gasteiger partial charge in [0.15, 0.2) is 0 Å². The zero-order valence-corrected chi connectivity index (χ0v) is 16.5. The van der Waals surface area contributed by atoms with Crippen molar-refractivity contribution in [1.29, 1.82) is 0 Å². The molecule has 2 aromatic heterocycles. The third-order valence-corrected chi connectivity index (χ3v) is 8.51. The van der Waals surface area contributed by atoms with E-state index in [-0.39, 0.29) is 6.04 Å². The lowest BCUT2D eigenvalue weighted by atomic mass is 9.97. The summed E-state index contributed by atoms with van der Waals surface area (Å²) in [6.07, 6.45) is 2.09. The van der Waals surface area contributed by atoms with Crippen LogP contribution in [0.5, 0.6) is 0 Å². The largest absolute Gasteiger partial charge is 0.304 e. The van der Waals surface area contributed by atoms with Gasteiger partial charge in [-0.2, -0.15) is 9.40 Å². The molecular formula is C17H24N4O2S2. The molecule has 5 rings (SSSR count). The summed E-state index contributed by atoms with van der Waals surface area (Å²) in [5.74, 6) is 0.436. The van der Waals surface area contributed by atoms with E-state index < -0.39 is 10.0 Å². The van der Waals surface area contributed by atoms with Crippen LogP contribution in [0.25, 0.3) is 10.6 Å². The number of hydrogen-bond donors (Lipinski definition) is 1. The number of fused-ring (bicyclic) bond motifs is 4. The summed E-state index contributed by atoms with van der Waals surface area (Å²) in [6, 6.07) is 3.83. The van der Waals surface area contributed by atoms with Crippen molar-refractivity contribution in [2.75, 3.05) is 26.7 Å². The Morgan fingerprint density at radius 3 is 2.72 bits per heavy atom. The molecule has 0 unspecified atom stereocenters. The van der Waals surface area contributed by atoms with Crippen LogP contribution in [0.15, 0.2) is 17.0 Å². The lowest BCUT2D eigenvalue weighted by Gasteiger charge is -2.35. The van der Waals surface area contributed by atoms with Crippen molar-refractivity contribution in [3.05, 3.63) is 22.7 Å². The molecule has 3 fully saturated rings. The molecule has 2 bridgehead atoms.